The van der Waals surface area contributed by atoms with Gasteiger partial charge in [0, 0.05) is 12.6 Å². The molecule has 0 spiro atoms. The van der Waals surface area contributed by atoms with Crippen molar-refractivity contribution in [2.24, 2.45) is 12.8 Å². The summed E-state index contributed by atoms with van der Waals surface area (Å²) in [5.74, 6) is 0.107. The van der Waals surface area contributed by atoms with Crippen molar-refractivity contribution >= 4 is 35.3 Å². The van der Waals surface area contributed by atoms with E-state index >= 15 is 0 Å². The summed E-state index contributed by atoms with van der Waals surface area (Å²) in [4.78, 5) is 22.4. The van der Waals surface area contributed by atoms with E-state index in [4.69, 9.17) is 17.3 Å². The molecule has 0 radical (unpaired) electrons. The number of benzene rings is 1. The topological polar surface area (TPSA) is 103 Å². The molecule has 116 valence electrons. The molecular formula is C13H14ClN5O2S. The summed E-state index contributed by atoms with van der Waals surface area (Å²) in [7, 11) is 1.78. The molecule has 0 unspecified atom stereocenters. The van der Waals surface area contributed by atoms with Gasteiger partial charge in [0.05, 0.1) is 10.3 Å². The van der Waals surface area contributed by atoms with Crippen molar-refractivity contribution in [3.63, 3.8) is 0 Å². The van der Waals surface area contributed by atoms with Gasteiger partial charge < -0.3 is 10.3 Å². The SMILES string of the molecule is C[C@@H](Sc1nnc(-c2ccccc2Cl)n1C)C(=O)NC(N)=O. The van der Waals surface area contributed by atoms with Crippen molar-refractivity contribution in [3.8, 4) is 11.4 Å². The summed E-state index contributed by atoms with van der Waals surface area (Å²) < 4.78 is 1.74. The lowest BCUT2D eigenvalue weighted by molar-refractivity contribution is -0.119. The molecule has 9 heteroatoms. The molecule has 0 bridgehead atoms. The summed E-state index contributed by atoms with van der Waals surface area (Å²) >= 11 is 7.32. The van der Waals surface area contributed by atoms with Gasteiger partial charge in [-0.3, -0.25) is 10.1 Å². The number of carbonyl (C=O) groups is 2. The average Bonchev–Trinajstić information content (AvgIpc) is 2.80. The van der Waals surface area contributed by atoms with E-state index in [1.54, 1.807) is 24.6 Å². The molecule has 0 aliphatic heterocycles. The lowest BCUT2D eigenvalue weighted by Gasteiger charge is -2.10. The minimum atomic E-state index is -0.882. The number of amides is 3. The van der Waals surface area contributed by atoms with Crippen LogP contribution in [0.3, 0.4) is 0 Å². The smallest absolute Gasteiger partial charge is 0.318 e. The molecule has 0 saturated heterocycles. The zero-order chi connectivity index (χ0) is 16.3. The van der Waals surface area contributed by atoms with Gasteiger partial charge in [-0.05, 0) is 19.1 Å². The van der Waals surface area contributed by atoms with Gasteiger partial charge in [-0.2, -0.15) is 0 Å². The van der Waals surface area contributed by atoms with Gasteiger partial charge in [0.15, 0.2) is 11.0 Å². The highest BCUT2D eigenvalue weighted by Crippen LogP contribution is 2.29. The predicted molar refractivity (Wildman–Crippen MR) is 84.5 cm³/mol. The Labute approximate surface area is 136 Å². The quantitative estimate of drug-likeness (QED) is 0.827. The zero-order valence-corrected chi connectivity index (χ0v) is 13.5. The van der Waals surface area contributed by atoms with Crippen molar-refractivity contribution in [3.05, 3.63) is 29.3 Å². The van der Waals surface area contributed by atoms with Crippen molar-refractivity contribution in [1.29, 1.82) is 0 Å². The Balaban J connectivity index is 2.20. The Hall–Kier alpha value is -2.06. The molecular weight excluding hydrogens is 326 g/mol. The van der Waals surface area contributed by atoms with E-state index in [1.165, 1.54) is 11.8 Å². The second-order valence-corrected chi connectivity index (χ2v) is 6.17. The van der Waals surface area contributed by atoms with Crippen LogP contribution in [0.1, 0.15) is 6.92 Å². The highest BCUT2D eigenvalue weighted by atomic mass is 35.5. The van der Waals surface area contributed by atoms with Crippen LogP contribution >= 0.6 is 23.4 Å². The molecule has 1 aromatic heterocycles. The van der Waals surface area contributed by atoms with E-state index in [-0.39, 0.29) is 0 Å². The first kappa shape index (κ1) is 16.3. The number of primary amides is 1. The van der Waals surface area contributed by atoms with Gasteiger partial charge >= 0.3 is 6.03 Å². The van der Waals surface area contributed by atoms with Crippen molar-refractivity contribution < 1.29 is 9.59 Å². The number of carbonyl (C=O) groups excluding carboxylic acids is 2. The number of aromatic nitrogens is 3. The minimum absolute atomic E-state index is 0.486. The zero-order valence-electron chi connectivity index (χ0n) is 11.9. The third-order valence-corrected chi connectivity index (χ3v) is 4.31. The molecule has 0 fully saturated rings. The molecule has 3 amide bonds. The van der Waals surface area contributed by atoms with Crippen LogP contribution in [-0.2, 0) is 11.8 Å². The lowest BCUT2D eigenvalue weighted by atomic mass is 10.2. The summed E-state index contributed by atoms with van der Waals surface area (Å²) in [5, 5.41) is 10.7. The highest BCUT2D eigenvalue weighted by Gasteiger charge is 2.20. The number of halogens is 1. The van der Waals surface area contributed by atoms with Crippen LogP contribution in [0.15, 0.2) is 29.4 Å². The van der Waals surface area contributed by atoms with Crippen LogP contribution in [0.25, 0.3) is 11.4 Å². The normalized spacial score (nSPS) is 12.0. The number of urea groups is 1. The fraction of sp³-hybridized carbons (Fsp3) is 0.231. The first-order valence-electron chi connectivity index (χ1n) is 6.31. The van der Waals surface area contributed by atoms with Crippen molar-refractivity contribution in [1.82, 2.24) is 20.1 Å². The predicted octanol–water partition coefficient (Wildman–Crippen LogP) is 1.81. The average molecular weight is 340 g/mol. The van der Waals surface area contributed by atoms with Crippen LogP contribution in [0, 0.1) is 0 Å². The van der Waals surface area contributed by atoms with E-state index in [9.17, 15) is 9.59 Å². The van der Waals surface area contributed by atoms with Gasteiger partial charge in [-0.1, -0.05) is 35.5 Å². The second-order valence-electron chi connectivity index (χ2n) is 4.46. The maximum atomic E-state index is 11.7. The van der Waals surface area contributed by atoms with Crippen molar-refractivity contribution in [2.75, 3.05) is 0 Å². The summed E-state index contributed by atoms with van der Waals surface area (Å²) in [5.41, 5.74) is 5.67. The molecule has 7 nitrogen and oxygen atoms in total. The molecule has 0 aliphatic rings. The number of nitrogens with zero attached hydrogens (tertiary/aromatic N) is 3. The van der Waals surface area contributed by atoms with Gasteiger partial charge in [0.25, 0.3) is 0 Å². The maximum absolute atomic E-state index is 11.7. The number of imide groups is 1. The fourth-order valence-corrected chi connectivity index (χ4v) is 2.76. The van der Waals surface area contributed by atoms with Gasteiger partial charge in [-0.25, -0.2) is 4.79 Å². The molecule has 22 heavy (non-hydrogen) atoms. The number of hydrogen-bond acceptors (Lipinski definition) is 5. The van der Waals surface area contributed by atoms with Crippen LogP contribution in [-0.4, -0.2) is 32.0 Å². The van der Waals surface area contributed by atoms with E-state index in [2.05, 4.69) is 10.2 Å². The molecule has 2 rings (SSSR count). The van der Waals surface area contributed by atoms with E-state index in [1.807, 2.05) is 23.5 Å². The monoisotopic (exact) mass is 339 g/mol. The highest BCUT2D eigenvalue weighted by molar-refractivity contribution is 8.00. The number of rotatable bonds is 4. The number of thioether (sulfide) groups is 1. The molecule has 1 aromatic carbocycles. The fourth-order valence-electron chi connectivity index (χ4n) is 1.73. The maximum Gasteiger partial charge on any atom is 0.318 e. The minimum Gasteiger partial charge on any atom is -0.351 e. The van der Waals surface area contributed by atoms with Gasteiger partial charge in [-0.15, -0.1) is 10.2 Å². The molecule has 3 N–H and O–H groups in total. The van der Waals surface area contributed by atoms with Gasteiger partial charge in [0.2, 0.25) is 5.91 Å². The summed E-state index contributed by atoms with van der Waals surface area (Å²) in [6.45, 7) is 1.65. The summed E-state index contributed by atoms with van der Waals surface area (Å²) in [6.07, 6.45) is 0. The van der Waals surface area contributed by atoms with E-state index in [0.717, 1.165) is 5.56 Å². The Morgan fingerprint density at radius 2 is 2.05 bits per heavy atom. The molecule has 1 heterocycles. The number of nitrogens with one attached hydrogen (secondary N) is 1. The van der Waals surface area contributed by atoms with Crippen LogP contribution in [0.2, 0.25) is 5.02 Å². The molecule has 0 aliphatic carbocycles. The van der Waals surface area contributed by atoms with Crippen LogP contribution < -0.4 is 11.1 Å². The Bertz CT molecular complexity index is 718. The number of hydrogen-bond donors (Lipinski definition) is 2. The Kier molecular flexibility index (Phi) is 5.04. The Morgan fingerprint density at radius 3 is 2.68 bits per heavy atom. The largest absolute Gasteiger partial charge is 0.351 e. The molecule has 0 saturated carbocycles. The van der Waals surface area contributed by atoms with E-state index < -0.39 is 17.2 Å². The first-order valence-corrected chi connectivity index (χ1v) is 7.57. The number of nitrogens with two attached hydrogens (primary N) is 1. The summed E-state index contributed by atoms with van der Waals surface area (Å²) in [6, 6.07) is 6.40. The second kappa shape index (κ2) is 6.80. The Morgan fingerprint density at radius 1 is 1.36 bits per heavy atom. The first-order chi connectivity index (χ1) is 10.4. The standard InChI is InChI=1S/C13H14ClN5O2S/c1-7(11(20)16-12(15)21)22-13-18-17-10(19(13)2)8-5-3-4-6-9(8)14/h3-7H,1-2H3,(H3,15,16,20,21)/t7-/m1/s1. The molecule has 1 atom stereocenters. The third-order valence-electron chi connectivity index (χ3n) is 2.85. The van der Waals surface area contributed by atoms with Crippen LogP contribution in [0.5, 0.6) is 0 Å². The lowest BCUT2D eigenvalue weighted by Crippen LogP contribution is -2.39. The molecule has 2 aromatic rings. The van der Waals surface area contributed by atoms with Crippen molar-refractivity contribution in [2.45, 2.75) is 17.3 Å². The van der Waals surface area contributed by atoms with Crippen LogP contribution in [0.4, 0.5) is 4.79 Å². The van der Waals surface area contributed by atoms with E-state index in [0.29, 0.717) is 16.0 Å². The van der Waals surface area contributed by atoms with Gasteiger partial charge in [0.1, 0.15) is 0 Å². The third kappa shape index (κ3) is 3.58.